The predicted octanol–water partition coefficient (Wildman–Crippen LogP) is 3.80. The summed E-state index contributed by atoms with van der Waals surface area (Å²) in [7, 11) is 0. The maximum Gasteiger partial charge on any atom is 0.349 e. The Balaban J connectivity index is 1.79. The highest BCUT2D eigenvalue weighted by Gasteiger charge is 2.22. The molecule has 0 aliphatic rings. The molecule has 0 saturated carbocycles. The summed E-state index contributed by atoms with van der Waals surface area (Å²) < 4.78 is 9.01. The first-order valence-corrected chi connectivity index (χ1v) is 9.43. The molecule has 1 aromatic carbocycles. The van der Waals surface area contributed by atoms with E-state index in [9.17, 15) is 9.90 Å². The summed E-state index contributed by atoms with van der Waals surface area (Å²) in [5, 5.41) is 11.0. The van der Waals surface area contributed by atoms with Crippen LogP contribution in [0.3, 0.4) is 0 Å². The van der Waals surface area contributed by atoms with Crippen LogP contribution in [0.4, 0.5) is 0 Å². The molecular weight excluding hydrogens is 390 g/mol. The summed E-state index contributed by atoms with van der Waals surface area (Å²) in [5.74, 6) is 1.11. The van der Waals surface area contributed by atoms with Crippen LogP contribution in [0.2, 0.25) is 5.15 Å². The smallest absolute Gasteiger partial charge is 0.349 e. The molecule has 0 aliphatic heterocycles. The summed E-state index contributed by atoms with van der Waals surface area (Å²) in [5.41, 5.74) is 2.45. The number of rotatable bonds is 4. The van der Waals surface area contributed by atoms with Crippen LogP contribution in [0, 0.1) is 13.8 Å². The van der Waals surface area contributed by atoms with Crippen molar-refractivity contribution < 1.29 is 14.4 Å². The van der Waals surface area contributed by atoms with E-state index in [0.717, 1.165) is 11.1 Å². The summed E-state index contributed by atoms with van der Waals surface area (Å²) in [6, 6.07) is 14.7. The third-order valence-corrected chi connectivity index (χ3v) is 4.92. The Morgan fingerprint density at radius 1 is 1.07 bits per heavy atom. The Morgan fingerprint density at radius 2 is 1.79 bits per heavy atom. The fourth-order valence-electron chi connectivity index (χ4n) is 3.08. The third kappa shape index (κ3) is 3.79. The zero-order chi connectivity index (χ0) is 20.5. The largest absolute Gasteiger partial charge is 0.477 e. The van der Waals surface area contributed by atoms with Crippen LogP contribution in [-0.2, 0) is 6.54 Å². The average molecular weight is 409 g/mol. The Bertz CT molecular complexity index is 1250. The van der Waals surface area contributed by atoms with Gasteiger partial charge in [-0.25, -0.2) is 9.78 Å². The van der Waals surface area contributed by atoms with Crippen LogP contribution in [-0.4, -0.2) is 14.5 Å². The van der Waals surface area contributed by atoms with Crippen molar-refractivity contribution in [1.29, 1.82) is 0 Å². The lowest BCUT2D eigenvalue weighted by Crippen LogP contribution is -2.41. The predicted molar refractivity (Wildman–Crippen MR) is 110 cm³/mol. The van der Waals surface area contributed by atoms with E-state index >= 15 is 0 Å². The van der Waals surface area contributed by atoms with Crippen LogP contribution >= 0.6 is 11.6 Å². The lowest BCUT2D eigenvalue weighted by molar-refractivity contribution is -0.672. The van der Waals surface area contributed by atoms with E-state index in [-0.39, 0.29) is 17.0 Å². The number of halogens is 1. The van der Waals surface area contributed by atoms with Gasteiger partial charge in [0.25, 0.3) is 11.5 Å². The Labute approximate surface area is 172 Å². The van der Waals surface area contributed by atoms with Gasteiger partial charge >= 0.3 is 5.56 Å². The number of aryl methyl sites for hydroxylation is 1. The van der Waals surface area contributed by atoms with Gasteiger partial charge in [0.05, 0.1) is 0 Å². The van der Waals surface area contributed by atoms with Gasteiger partial charge in [0, 0.05) is 17.8 Å². The number of nitrogens with zero attached hydrogens (tertiary/aromatic N) is 3. The van der Waals surface area contributed by atoms with E-state index in [0.29, 0.717) is 28.8 Å². The molecule has 0 spiro atoms. The number of pyridine rings is 2. The average Bonchev–Trinajstić information content (AvgIpc) is 2.73. The fraction of sp³-hybridized carbons (Fsp3) is 0.136. The summed E-state index contributed by atoms with van der Waals surface area (Å²) in [6.07, 6.45) is 3.27. The van der Waals surface area contributed by atoms with Gasteiger partial charge in [0.1, 0.15) is 29.2 Å². The number of hydrogen-bond donors (Lipinski definition) is 1. The minimum Gasteiger partial charge on any atom is -0.477 e. The molecule has 3 aromatic heterocycles. The summed E-state index contributed by atoms with van der Waals surface area (Å²) >= 11 is 5.85. The lowest BCUT2D eigenvalue weighted by Gasteiger charge is -2.10. The minimum absolute atomic E-state index is 0.0860. The number of aromatic nitrogens is 3. The third-order valence-electron chi connectivity index (χ3n) is 4.69. The van der Waals surface area contributed by atoms with E-state index in [4.69, 9.17) is 16.3 Å². The normalized spacial score (nSPS) is 11.0. The second-order valence-electron chi connectivity index (χ2n) is 6.84. The molecule has 29 heavy (non-hydrogen) atoms. The highest BCUT2D eigenvalue weighted by Crippen LogP contribution is 2.22. The molecule has 1 N–H and O–H groups in total. The maximum atomic E-state index is 12.8. The molecule has 4 aromatic rings. The first-order valence-electron chi connectivity index (χ1n) is 9.05. The van der Waals surface area contributed by atoms with Crippen molar-refractivity contribution in [3.63, 3.8) is 0 Å². The van der Waals surface area contributed by atoms with Gasteiger partial charge in [-0.05, 0) is 38.1 Å². The zero-order valence-corrected chi connectivity index (χ0v) is 16.7. The molecule has 0 atom stereocenters. The van der Waals surface area contributed by atoms with Gasteiger partial charge < -0.3 is 9.84 Å². The molecule has 0 bridgehead atoms. The molecule has 0 radical (unpaired) electrons. The Morgan fingerprint density at radius 3 is 2.48 bits per heavy atom. The molecular formula is C22H19ClN3O3+. The van der Waals surface area contributed by atoms with E-state index in [1.807, 2.05) is 37.3 Å². The van der Waals surface area contributed by atoms with Gasteiger partial charge in [-0.15, -0.1) is 0 Å². The molecule has 4 rings (SSSR count). The van der Waals surface area contributed by atoms with E-state index in [2.05, 4.69) is 4.98 Å². The van der Waals surface area contributed by atoms with Gasteiger partial charge in [-0.2, -0.15) is 8.97 Å². The molecule has 7 heteroatoms. The first-order chi connectivity index (χ1) is 13.9. The summed E-state index contributed by atoms with van der Waals surface area (Å²) in [6.45, 7) is 3.93. The molecule has 0 aliphatic carbocycles. The zero-order valence-electron chi connectivity index (χ0n) is 16.0. The van der Waals surface area contributed by atoms with Gasteiger partial charge in [-0.3, -0.25) is 0 Å². The first kappa shape index (κ1) is 19.0. The van der Waals surface area contributed by atoms with Crippen molar-refractivity contribution in [3.8, 4) is 17.4 Å². The van der Waals surface area contributed by atoms with E-state index in [1.54, 1.807) is 42.1 Å². The second kappa shape index (κ2) is 7.56. The molecule has 6 nitrogen and oxygen atoms in total. The Hall–Kier alpha value is -3.38. The molecule has 0 unspecified atom stereocenters. The van der Waals surface area contributed by atoms with Crippen LogP contribution < -0.4 is 14.9 Å². The number of hydrogen-bond acceptors (Lipinski definition) is 4. The molecule has 0 fully saturated rings. The molecule has 3 heterocycles. The Kier molecular flexibility index (Phi) is 4.94. The van der Waals surface area contributed by atoms with E-state index < -0.39 is 0 Å². The molecule has 146 valence electrons. The second-order valence-corrected chi connectivity index (χ2v) is 7.22. The van der Waals surface area contributed by atoms with Crippen molar-refractivity contribution >= 4 is 17.2 Å². The van der Waals surface area contributed by atoms with Crippen LogP contribution in [0.5, 0.6) is 17.4 Å². The highest BCUT2D eigenvalue weighted by molar-refractivity contribution is 6.29. The minimum atomic E-state index is -0.308. The lowest BCUT2D eigenvalue weighted by atomic mass is 10.2. The number of aromatic hydroxyl groups is 1. The maximum absolute atomic E-state index is 12.8. The van der Waals surface area contributed by atoms with Crippen molar-refractivity contribution in [2.45, 2.75) is 20.4 Å². The molecule has 0 amide bonds. The van der Waals surface area contributed by atoms with Crippen molar-refractivity contribution in [2.75, 3.05) is 0 Å². The van der Waals surface area contributed by atoms with Crippen molar-refractivity contribution in [2.24, 2.45) is 0 Å². The van der Waals surface area contributed by atoms with Crippen molar-refractivity contribution in [1.82, 2.24) is 9.38 Å². The monoisotopic (exact) mass is 408 g/mol. The quantitative estimate of drug-likeness (QED) is 0.412. The topological polar surface area (TPSA) is 67.7 Å². The van der Waals surface area contributed by atoms with Crippen LogP contribution in [0.1, 0.15) is 16.7 Å². The van der Waals surface area contributed by atoms with Gasteiger partial charge in [0.15, 0.2) is 5.75 Å². The SMILES string of the molecule is Cc1ccc(Oc2ccc3n(c2)c(=O)c(C)c(O)[n+]3Cc2ccc(Cl)nc2)cc1. The molecule has 0 saturated heterocycles. The standard InChI is InChI=1S/C22H18ClN3O3/c1-14-3-6-17(7-4-14)29-18-8-10-20-25(12-16-5-9-19(23)24-11-16)21(27)15(2)22(28)26(20)13-18/h3-11,13H,12H2,1-2H3/p+1. The highest BCUT2D eigenvalue weighted by atomic mass is 35.5. The van der Waals surface area contributed by atoms with Gasteiger partial charge in [0.2, 0.25) is 0 Å². The number of fused-ring (bicyclic) bond motifs is 1. The number of benzene rings is 1. The van der Waals surface area contributed by atoms with Gasteiger partial charge in [-0.1, -0.05) is 35.4 Å². The van der Waals surface area contributed by atoms with E-state index in [1.165, 1.54) is 4.40 Å². The van der Waals surface area contributed by atoms with Crippen LogP contribution in [0.25, 0.3) is 5.65 Å². The summed E-state index contributed by atoms with van der Waals surface area (Å²) in [4.78, 5) is 16.8. The van der Waals surface area contributed by atoms with Crippen molar-refractivity contribution in [3.05, 3.63) is 93.1 Å². The number of ether oxygens (including phenoxy) is 1. The van der Waals surface area contributed by atoms with Crippen LogP contribution in [0.15, 0.2) is 65.7 Å². The fourth-order valence-corrected chi connectivity index (χ4v) is 3.20.